The van der Waals surface area contributed by atoms with Gasteiger partial charge in [-0.25, -0.2) is 14.8 Å². The fraction of sp³-hybridized carbons (Fsp3) is 0.0444. The molecular weight excluding hydrogens is 673 g/mol. The first-order chi connectivity index (χ1) is 26.3. The van der Waals surface area contributed by atoms with E-state index in [9.17, 15) is 4.79 Å². The Labute approximate surface area is 312 Å². The second kappa shape index (κ2) is 15.6. The van der Waals surface area contributed by atoms with Gasteiger partial charge < -0.3 is 30.4 Å². The average molecular weight is 707 g/mol. The molecule has 4 aromatic heterocycles. The van der Waals surface area contributed by atoms with Crippen LogP contribution in [0.1, 0.15) is 16.7 Å². The van der Waals surface area contributed by atoms with Gasteiger partial charge in [0, 0.05) is 89.2 Å². The van der Waals surface area contributed by atoms with Gasteiger partial charge in [0.1, 0.15) is 22.8 Å². The summed E-state index contributed by atoms with van der Waals surface area (Å²) >= 11 is 0. The second-order valence-electron chi connectivity index (χ2n) is 12.4. The number of nitrogens with two attached hydrogens (primary N) is 1. The number of nitrogens with zero attached hydrogens (tertiary/aromatic N) is 3. The van der Waals surface area contributed by atoms with Gasteiger partial charge in [-0.3, -0.25) is 0 Å². The number of carboxylic acids is 1. The van der Waals surface area contributed by atoms with E-state index in [2.05, 4.69) is 78.8 Å². The Morgan fingerprint density at radius 1 is 0.704 bits per heavy atom. The molecule has 0 fully saturated rings. The van der Waals surface area contributed by atoms with Crippen LogP contribution in [0.3, 0.4) is 0 Å². The molecule has 0 aliphatic heterocycles. The molecular formula is C45H34N6O3. The number of fused-ring (bicyclic) bond motifs is 2. The molecule has 0 aliphatic carbocycles. The molecule has 0 atom stereocenters. The van der Waals surface area contributed by atoms with Crippen molar-refractivity contribution in [3.8, 4) is 57.4 Å². The third kappa shape index (κ3) is 8.07. The first-order valence-corrected chi connectivity index (χ1v) is 17.0. The largest absolute Gasteiger partial charge is 0.472 e. The number of benzene rings is 4. The Morgan fingerprint density at radius 2 is 1.31 bits per heavy atom. The predicted molar refractivity (Wildman–Crippen MR) is 215 cm³/mol. The summed E-state index contributed by atoms with van der Waals surface area (Å²) in [6.45, 7) is 0. The fourth-order valence-electron chi connectivity index (χ4n) is 5.71. The van der Waals surface area contributed by atoms with E-state index >= 15 is 0 Å². The number of para-hydroxylation sites is 2. The van der Waals surface area contributed by atoms with E-state index in [1.807, 2.05) is 111 Å². The summed E-state index contributed by atoms with van der Waals surface area (Å²) in [6, 6.07) is 37.3. The molecule has 4 aromatic carbocycles. The van der Waals surface area contributed by atoms with Crippen molar-refractivity contribution >= 4 is 39.4 Å². The number of rotatable bonds is 5. The molecule has 0 amide bonds. The topological polar surface area (TPSA) is 133 Å². The highest BCUT2D eigenvalue weighted by Gasteiger charge is 2.11. The molecule has 8 rings (SSSR count). The van der Waals surface area contributed by atoms with Crippen LogP contribution >= 0.6 is 0 Å². The van der Waals surface area contributed by atoms with Crippen LogP contribution in [0.25, 0.3) is 44.3 Å². The van der Waals surface area contributed by atoms with Crippen LogP contribution in [0.2, 0.25) is 0 Å². The zero-order chi connectivity index (χ0) is 37.4. The minimum absolute atomic E-state index is 0.586. The number of aliphatic carboxylic acids is 1. The molecule has 0 radical (unpaired) electrons. The SMILES string of the molecule is CN(C)c1ccc(-c2cnc3[nH]cc(C#Cc4ccc(N)cc4)c3c2)cc1.O=C(O)C#Cc1c[nH]c2ncc(-c3ccccc3Oc3ccccc3)cc12. The monoisotopic (exact) mass is 706 g/mol. The number of carboxylic acid groups (broad SMARTS) is 1. The molecule has 9 heteroatoms. The van der Waals surface area contributed by atoms with Gasteiger partial charge in [0.05, 0.1) is 11.1 Å². The van der Waals surface area contributed by atoms with Crippen molar-refractivity contribution in [2.24, 2.45) is 0 Å². The van der Waals surface area contributed by atoms with Crippen LogP contribution < -0.4 is 15.4 Å². The fourth-order valence-corrected chi connectivity index (χ4v) is 5.71. The summed E-state index contributed by atoms with van der Waals surface area (Å²) in [7, 11) is 4.07. The first kappa shape index (κ1) is 34.7. The van der Waals surface area contributed by atoms with Crippen LogP contribution in [0, 0.1) is 23.7 Å². The highest BCUT2D eigenvalue weighted by molar-refractivity contribution is 5.92. The van der Waals surface area contributed by atoms with Crippen LogP contribution in [0.15, 0.2) is 140 Å². The number of hydrogen-bond donors (Lipinski definition) is 4. The van der Waals surface area contributed by atoms with Crippen molar-refractivity contribution in [1.29, 1.82) is 0 Å². The van der Waals surface area contributed by atoms with Gasteiger partial charge in [-0.1, -0.05) is 66.3 Å². The van der Waals surface area contributed by atoms with Crippen molar-refractivity contribution in [2.75, 3.05) is 24.7 Å². The highest BCUT2D eigenvalue weighted by Crippen LogP contribution is 2.34. The summed E-state index contributed by atoms with van der Waals surface area (Å²) in [4.78, 5) is 28.0. The lowest BCUT2D eigenvalue weighted by Gasteiger charge is -2.12. The van der Waals surface area contributed by atoms with Gasteiger partial charge >= 0.3 is 5.97 Å². The maximum atomic E-state index is 10.7. The summed E-state index contributed by atoms with van der Waals surface area (Å²) in [6.07, 6.45) is 7.20. The minimum atomic E-state index is -1.17. The number of anilines is 2. The number of hydrogen-bond acceptors (Lipinski definition) is 6. The number of nitrogens with one attached hydrogen (secondary N) is 2. The molecule has 0 bridgehead atoms. The van der Waals surface area contributed by atoms with Gasteiger partial charge in [0.2, 0.25) is 0 Å². The predicted octanol–water partition coefficient (Wildman–Crippen LogP) is 8.74. The minimum Gasteiger partial charge on any atom is -0.472 e. The number of pyridine rings is 2. The molecule has 8 aromatic rings. The Hall–Kier alpha value is -7.75. The normalized spacial score (nSPS) is 10.3. The number of aromatic amines is 2. The number of nitrogen functional groups attached to an aromatic ring is 1. The van der Waals surface area contributed by atoms with Crippen LogP contribution in [-0.2, 0) is 4.79 Å². The van der Waals surface area contributed by atoms with Gasteiger partial charge in [-0.15, -0.1) is 0 Å². The van der Waals surface area contributed by atoms with E-state index in [4.69, 9.17) is 15.6 Å². The lowest BCUT2D eigenvalue weighted by molar-refractivity contribution is -0.130. The van der Waals surface area contributed by atoms with Gasteiger partial charge in [0.15, 0.2) is 0 Å². The quantitative estimate of drug-likeness (QED) is 0.104. The number of aromatic nitrogens is 4. The Balaban J connectivity index is 0.000000167. The molecule has 54 heavy (non-hydrogen) atoms. The van der Waals surface area contributed by atoms with Gasteiger partial charge in [-0.05, 0) is 72.3 Å². The number of ether oxygens (including phenoxy) is 1. The van der Waals surface area contributed by atoms with E-state index in [0.29, 0.717) is 17.0 Å². The van der Waals surface area contributed by atoms with Crippen LogP contribution in [-0.4, -0.2) is 45.1 Å². The summed E-state index contributed by atoms with van der Waals surface area (Å²) in [5.74, 6) is 11.5. The molecule has 0 saturated heterocycles. The van der Waals surface area contributed by atoms with Crippen molar-refractivity contribution in [3.63, 3.8) is 0 Å². The van der Waals surface area contributed by atoms with Crippen molar-refractivity contribution in [3.05, 3.63) is 157 Å². The van der Waals surface area contributed by atoms with E-state index in [0.717, 1.165) is 61.2 Å². The Kier molecular flexibility index (Phi) is 10.1. The average Bonchev–Trinajstić information content (AvgIpc) is 3.81. The first-order valence-electron chi connectivity index (χ1n) is 17.0. The molecule has 0 spiro atoms. The van der Waals surface area contributed by atoms with Crippen LogP contribution in [0.4, 0.5) is 11.4 Å². The van der Waals surface area contributed by atoms with E-state index in [1.165, 1.54) is 5.69 Å². The Bertz CT molecular complexity index is 2710. The zero-order valence-corrected chi connectivity index (χ0v) is 29.5. The van der Waals surface area contributed by atoms with Crippen molar-refractivity contribution in [2.45, 2.75) is 0 Å². The summed E-state index contributed by atoms with van der Waals surface area (Å²) < 4.78 is 6.03. The maximum Gasteiger partial charge on any atom is 0.382 e. The van der Waals surface area contributed by atoms with Crippen molar-refractivity contribution < 1.29 is 14.6 Å². The van der Waals surface area contributed by atoms with Crippen molar-refractivity contribution in [1.82, 2.24) is 19.9 Å². The molecule has 262 valence electrons. The smallest absolute Gasteiger partial charge is 0.382 e. The van der Waals surface area contributed by atoms with E-state index < -0.39 is 5.97 Å². The zero-order valence-electron chi connectivity index (χ0n) is 29.5. The molecule has 4 heterocycles. The third-order valence-corrected chi connectivity index (χ3v) is 8.50. The standard InChI is InChI=1S/C23H20N4.C22H14N2O3/c1-27(2)21-11-7-17(8-12-21)19-13-22-18(14-25-23(22)26-15-19)6-3-16-4-9-20(24)10-5-16;25-21(26)11-10-15-13-23-22-19(15)12-16(14-24-22)18-8-4-5-9-20(18)27-17-6-2-1-3-7-17/h4-5,7-15H,24H2,1-2H3,(H,25,26);1-9,12-14H,(H,23,24)(H,25,26). The van der Waals surface area contributed by atoms with E-state index in [-0.39, 0.29) is 0 Å². The molecule has 9 nitrogen and oxygen atoms in total. The van der Waals surface area contributed by atoms with E-state index in [1.54, 1.807) is 12.4 Å². The van der Waals surface area contributed by atoms with Crippen LogP contribution in [0.5, 0.6) is 11.5 Å². The van der Waals surface area contributed by atoms with Gasteiger partial charge in [-0.2, -0.15) is 0 Å². The number of H-pyrrole nitrogens is 2. The Morgan fingerprint density at radius 3 is 1.98 bits per heavy atom. The summed E-state index contributed by atoms with van der Waals surface area (Å²) in [5.41, 5.74) is 15.5. The lowest BCUT2D eigenvalue weighted by atomic mass is 10.0. The lowest BCUT2D eigenvalue weighted by Crippen LogP contribution is -2.07. The second-order valence-corrected chi connectivity index (χ2v) is 12.4. The number of carbonyl (C=O) groups is 1. The molecule has 0 saturated carbocycles. The maximum absolute atomic E-state index is 10.7. The molecule has 0 aliphatic rings. The summed E-state index contributed by atoms with van der Waals surface area (Å²) in [5, 5.41) is 10.6. The highest BCUT2D eigenvalue weighted by atomic mass is 16.5. The third-order valence-electron chi connectivity index (χ3n) is 8.50. The molecule has 5 N–H and O–H groups in total. The molecule has 0 unspecified atom stereocenters. The van der Waals surface area contributed by atoms with Gasteiger partial charge in [0.25, 0.3) is 0 Å².